The van der Waals surface area contributed by atoms with Crippen molar-refractivity contribution in [3.8, 4) is 0 Å². The van der Waals surface area contributed by atoms with Gasteiger partial charge in [-0.15, -0.1) is 0 Å². The van der Waals surface area contributed by atoms with Crippen LogP contribution in [0.2, 0.25) is 0 Å². The summed E-state index contributed by atoms with van der Waals surface area (Å²) >= 11 is 0. The molecular formula is C14H23N3O. The van der Waals surface area contributed by atoms with Crippen molar-refractivity contribution in [3.05, 3.63) is 24.0 Å². The van der Waals surface area contributed by atoms with E-state index in [1.54, 1.807) is 12.3 Å². The van der Waals surface area contributed by atoms with Crippen LogP contribution in [0.3, 0.4) is 0 Å². The van der Waals surface area contributed by atoms with Crippen LogP contribution in [0, 0.1) is 0 Å². The number of carbonyl (C=O) groups excluding carboxylic acids is 1. The Hall–Kier alpha value is -1.58. The number of anilines is 1. The van der Waals surface area contributed by atoms with E-state index in [9.17, 15) is 4.79 Å². The van der Waals surface area contributed by atoms with Crippen molar-refractivity contribution >= 4 is 11.6 Å². The van der Waals surface area contributed by atoms with Gasteiger partial charge in [0.25, 0.3) is 5.91 Å². The monoisotopic (exact) mass is 249 g/mol. The molecule has 1 unspecified atom stereocenters. The number of nitrogens with one attached hydrogen (secondary N) is 2. The summed E-state index contributed by atoms with van der Waals surface area (Å²) in [4.78, 5) is 15.9. The van der Waals surface area contributed by atoms with E-state index in [1.165, 1.54) is 0 Å². The van der Waals surface area contributed by atoms with E-state index in [4.69, 9.17) is 0 Å². The van der Waals surface area contributed by atoms with Gasteiger partial charge in [-0.2, -0.15) is 0 Å². The number of amides is 1. The second kappa shape index (κ2) is 7.69. The molecule has 18 heavy (non-hydrogen) atoms. The van der Waals surface area contributed by atoms with Crippen molar-refractivity contribution in [2.24, 2.45) is 0 Å². The Kier molecular flexibility index (Phi) is 6.19. The van der Waals surface area contributed by atoms with Crippen LogP contribution in [0.15, 0.2) is 18.3 Å². The van der Waals surface area contributed by atoms with E-state index < -0.39 is 0 Å². The maximum absolute atomic E-state index is 11.8. The number of pyridine rings is 1. The fourth-order valence-corrected chi connectivity index (χ4v) is 1.50. The first-order chi connectivity index (χ1) is 8.67. The van der Waals surface area contributed by atoms with Crippen LogP contribution >= 0.6 is 0 Å². The predicted molar refractivity (Wildman–Crippen MR) is 74.9 cm³/mol. The average molecular weight is 249 g/mol. The van der Waals surface area contributed by atoms with Gasteiger partial charge in [0, 0.05) is 24.5 Å². The van der Waals surface area contributed by atoms with Crippen LogP contribution < -0.4 is 10.6 Å². The van der Waals surface area contributed by atoms with Crippen LogP contribution in [-0.2, 0) is 0 Å². The highest BCUT2D eigenvalue weighted by molar-refractivity contribution is 5.93. The summed E-state index contributed by atoms with van der Waals surface area (Å²) in [6, 6.07) is 4.07. The lowest BCUT2D eigenvalue weighted by molar-refractivity contribution is 0.0948. The molecule has 0 aliphatic heterocycles. The molecule has 0 saturated carbocycles. The third-order valence-corrected chi connectivity index (χ3v) is 2.83. The molecular weight excluding hydrogens is 226 g/mol. The van der Waals surface area contributed by atoms with Gasteiger partial charge in [0.05, 0.1) is 0 Å². The summed E-state index contributed by atoms with van der Waals surface area (Å²) in [6.07, 6.45) is 4.78. The first-order valence-corrected chi connectivity index (χ1v) is 6.68. The first kappa shape index (κ1) is 14.5. The van der Waals surface area contributed by atoms with E-state index in [-0.39, 0.29) is 5.91 Å². The third-order valence-electron chi connectivity index (χ3n) is 2.83. The summed E-state index contributed by atoms with van der Waals surface area (Å²) in [5.74, 6) is -0.101. The van der Waals surface area contributed by atoms with Crippen LogP contribution in [0.4, 0.5) is 5.69 Å². The van der Waals surface area contributed by atoms with Gasteiger partial charge in [-0.3, -0.25) is 9.78 Å². The predicted octanol–water partition coefficient (Wildman–Crippen LogP) is 2.82. The largest absolute Gasteiger partial charge is 0.382 e. The molecule has 100 valence electrons. The van der Waals surface area contributed by atoms with Gasteiger partial charge in [-0.1, -0.05) is 20.3 Å². The fraction of sp³-hybridized carbons (Fsp3) is 0.571. The van der Waals surface area contributed by atoms with Gasteiger partial charge < -0.3 is 10.6 Å². The molecule has 1 atom stereocenters. The Morgan fingerprint density at radius 1 is 1.44 bits per heavy atom. The summed E-state index contributed by atoms with van der Waals surface area (Å²) in [6.45, 7) is 7.04. The minimum absolute atomic E-state index is 0.101. The number of hydrogen-bond donors (Lipinski definition) is 2. The molecule has 1 heterocycles. The van der Waals surface area contributed by atoms with Gasteiger partial charge in [0.1, 0.15) is 5.69 Å². The Balaban J connectivity index is 2.60. The molecule has 1 rings (SSSR count). The SMILES string of the molecule is CCCCNC(=O)c1cc(NC(C)CC)ccn1. The second-order valence-corrected chi connectivity index (χ2v) is 4.49. The highest BCUT2D eigenvalue weighted by atomic mass is 16.1. The second-order valence-electron chi connectivity index (χ2n) is 4.49. The molecule has 2 N–H and O–H groups in total. The molecule has 0 fully saturated rings. The molecule has 1 amide bonds. The van der Waals surface area contributed by atoms with Crippen molar-refractivity contribution in [1.29, 1.82) is 0 Å². The minimum Gasteiger partial charge on any atom is -0.382 e. The molecule has 1 aromatic rings. The highest BCUT2D eigenvalue weighted by Crippen LogP contribution is 2.10. The van der Waals surface area contributed by atoms with E-state index in [0.717, 1.165) is 24.9 Å². The van der Waals surface area contributed by atoms with Crippen molar-refractivity contribution in [2.75, 3.05) is 11.9 Å². The van der Waals surface area contributed by atoms with Crippen LogP contribution in [0.5, 0.6) is 0 Å². The van der Waals surface area contributed by atoms with Crippen LogP contribution in [0.25, 0.3) is 0 Å². The molecule has 4 heteroatoms. The number of hydrogen-bond acceptors (Lipinski definition) is 3. The van der Waals surface area contributed by atoms with Crippen molar-refractivity contribution in [1.82, 2.24) is 10.3 Å². The Bertz CT molecular complexity index is 379. The smallest absolute Gasteiger partial charge is 0.269 e. The minimum atomic E-state index is -0.101. The Labute approximate surface area is 109 Å². The molecule has 1 aromatic heterocycles. The summed E-state index contributed by atoms with van der Waals surface area (Å²) in [5.41, 5.74) is 1.42. The Morgan fingerprint density at radius 2 is 2.22 bits per heavy atom. The molecule has 4 nitrogen and oxygen atoms in total. The molecule has 0 aliphatic rings. The number of aromatic nitrogens is 1. The van der Waals surface area contributed by atoms with E-state index in [2.05, 4.69) is 36.4 Å². The summed E-state index contributed by atoms with van der Waals surface area (Å²) in [7, 11) is 0. The molecule has 0 spiro atoms. The average Bonchev–Trinajstić information content (AvgIpc) is 2.39. The van der Waals surface area contributed by atoms with Crippen molar-refractivity contribution < 1.29 is 4.79 Å². The normalized spacial score (nSPS) is 11.9. The maximum Gasteiger partial charge on any atom is 0.269 e. The van der Waals surface area contributed by atoms with Crippen molar-refractivity contribution in [3.63, 3.8) is 0 Å². The fourth-order valence-electron chi connectivity index (χ4n) is 1.50. The van der Waals surface area contributed by atoms with Crippen molar-refractivity contribution in [2.45, 2.75) is 46.1 Å². The number of carbonyl (C=O) groups is 1. The maximum atomic E-state index is 11.8. The van der Waals surface area contributed by atoms with Crippen LogP contribution in [-0.4, -0.2) is 23.5 Å². The molecule has 0 bridgehead atoms. The standard InChI is InChI=1S/C14H23N3O/c1-4-6-8-16-14(18)13-10-12(7-9-15-13)17-11(3)5-2/h7,9-11H,4-6,8H2,1-3H3,(H,15,17)(H,16,18). The van der Waals surface area contributed by atoms with Gasteiger partial charge in [0.15, 0.2) is 0 Å². The molecule has 0 saturated heterocycles. The Morgan fingerprint density at radius 3 is 2.89 bits per heavy atom. The molecule has 0 radical (unpaired) electrons. The summed E-state index contributed by atoms with van der Waals surface area (Å²) < 4.78 is 0. The number of nitrogens with zero attached hydrogens (tertiary/aromatic N) is 1. The third kappa shape index (κ3) is 4.73. The lowest BCUT2D eigenvalue weighted by Gasteiger charge is -2.13. The van der Waals surface area contributed by atoms with Gasteiger partial charge in [-0.05, 0) is 31.9 Å². The van der Waals surface area contributed by atoms with E-state index >= 15 is 0 Å². The molecule has 0 aliphatic carbocycles. The lowest BCUT2D eigenvalue weighted by Crippen LogP contribution is -2.25. The summed E-state index contributed by atoms with van der Waals surface area (Å²) in [5, 5.41) is 6.20. The zero-order valence-corrected chi connectivity index (χ0v) is 11.5. The van der Waals surface area contributed by atoms with Gasteiger partial charge >= 0.3 is 0 Å². The number of rotatable bonds is 7. The first-order valence-electron chi connectivity index (χ1n) is 6.68. The van der Waals surface area contributed by atoms with Gasteiger partial charge in [-0.25, -0.2) is 0 Å². The topological polar surface area (TPSA) is 54.0 Å². The van der Waals surface area contributed by atoms with E-state index in [0.29, 0.717) is 18.3 Å². The quantitative estimate of drug-likeness (QED) is 0.731. The number of unbranched alkanes of at least 4 members (excludes halogenated alkanes) is 1. The van der Waals surface area contributed by atoms with Gasteiger partial charge in [0.2, 0.25) is 0 Å². The van der Waals surface area contributed by atoms with Crippen LogP contribution in [0.1, 0.15) is 50.5 Å². The van der Waals surface area contributed by atoms with E-state index in [1.807, 2.05) is 6.07 Å². The zero-order chi connectivity index (χ0) is 13.4. The zero-order valence-electron chi connectivity index (χ0n) is 11.5. The molecule has 0 aromatic carbocycles. The highest BCUT2D eigenvalue weighted by Gasteiger charge is 2.07. The lowest BCUT2D eigenvalue weighted by atomic mass is 10.2.